The van der Waals surface area contributed by atoms with Gasteiger partial charge in [0.2, 0.25) is 0 Å². The number of rotatable bonds is 6. The van der Waals surface area contributed by atoms with Crippen LogP contribution in [0.15, 0.2) is 29.4 Å². The fraction of sp³-hybridized carbons (Fsp3) is 0.500. The van der Waals surface area contributed by atoms with Gasteiger partial charge in [0.25, 0.3) is 0 Å². The van der Waals surface area contributed by atoms with Crippen LogP contribution in [0.3, 0.4) is 0 Å². The first-order valence-corrected chi connectivity index (χ1v) is 5.25. The minimum Gasteiger partial charge on any atom is -0.469 e. The Labute approximate surface area is 86.0 Å². The predicted molar refractivity (Wildman–Crippen MR) is 59.3 cm³/mol. The van der Waals surface area contributed by atoms with E-state index < -0.39 is 0 Å². The summed E-state index contributed by atoms with van der Waals surface area (Å²) in [6.45, 7) is 9.10. The topological polar surface area (TPSA) is 25.2 Å². The summed E-state index contributed by atoms with van der Waals surface area (Å²) < 4.78 is 5.39. The molecule has 1 N–H and O–H groups in total. The summed E-state index contributed by atoms with van der Waals surface area (Å²) in [5, 5.41) is 3.42. The van der Waals surface area contributed by atoms with Crippen LogP contribution in [0, 0.1) is 0 Å². The second-order valence-electron chi connectivity index (χ2n) is 3.32. The summed E-state index contributed by atoms with van der Waals surface area (Å²) >= 11 is 0. The van der Waals surface area contributed by atoms with E-state index in [0.29, 0.717) is 0 Å². The van der Waals surface area contributed by atoms with E-state index in [1.807, 2.05) is 12.1 Å². The molecule has 0 radical (unpaired) electrons. The van der Waals surface area contributed by atoms with Crippen molar-refractivity contribution in [1.29, 1.82) is 0 Å². The Bertz CT molecular complexity index is 278. The lowest BCUT2D eigenvalue weighted by Crippen LogP contribution is -2.20. The molecule has 0 saturated carbocycles. The van der Waals surface area contributed by atoms with Crippen LogP contribution in [0.4, 0.5) is 0 Å². The Kier molecular flexibility index (Phi) is 4.47. The van der Waals surface area contributed by atoms with Crippen molar-refractivity contribution in [3.8, 4) is 0 Å². The van der Waals surface area contributed by atoms with E-state index in [9.17, 15) is 0 Å². The third-order valence-electron chi connectivity index (χ3n) is 2.29. The molecule has 2 heteroatoms. The highest BCUT2D eigenvalue weighted by molar-refractivity contribution is 5.24. The van der Waals surface area contributed by atoms with E-state index in [4.69, 9.17) is 4.42 Å². The number of nitrogens with one attached hydrogen (secondary N) is 1. The third kappa shape index (κ3) is 2.48. The van der Waals surface area contributed by atoms with Crippen LogP contribution in [-0.4, -0.2) is 6.54 Å². The van der Waals surface area contributed by atoms with Gasteiger partial charge in [-0.3, -0.25) is 0 Å². The molecule has 0 aliphatic rings. The maximum Gasteiger partial charge on any atom is 0.108 e. The lowest BCUT2D eigenvalue weighted by Gasteiger charge is -2.13. The van der Waals surface area contributed by atoms with Gasteiger partial charge in [0.05, 0.1) is 12.3 Å². The minimum absolute atomic E-state index is 0.226. The molecule has 0 fully saturated rings. The molecule has 0 aromatic carbocycles. The molecule has 0 aliphatic heterocycles. The van der Waals surface area contributed by atoms with Crippen molar-refractivity contribution in [3.05, 3.63) is 36.3 Å². The van der Waals surface area contributed by atoms with Crippen LogP contribution < -0.4 is 5.32 Å². The highest BCUT2D eigenvalue weighted by atomic mass is 16.3. The summed E-state index contributed by atoms with van der Waals surface area (Å²) in [6, 6.07) is 2.25. The first kappa shape index (κ1) is 11.1. The quantitative estimate of drug-likeness (QED) is 0.702. The average molecular weight is 193 g/mol. The number of aryl methyl sites for hydroxylation is 1. The van der Waals surface area contributed by atoms with E-state index in [1.54, 1.807) is 6.26 Å². The van der Waals surface area contributed by atoms with Gasteiger partial charge in [-0.25, -0.2) is 0 Å². The van der Waals surface area contributed by atoms with Gasteiger partial charge in [-0.05, 0) is 19.0 Å². The largest absolute Gasteiger partial charge is 0.469 e. The molecular weight excluding hydrogens is 174 g/mol. The van der Waals surface area contributed by atoms with E-state index in [0.717, 1.165) is 25.1 Å². The van der Waals surface area contributed by atoms with E-state index in [-0.39, 0.29) is 6.04 Å². The second kappa shape index (κ2) is 5.66. The van der Waals surface area contributed by atoms with Crippen molar-refractivity contribution in [2.75, 3.05) is 6.54 Å². The zero-order chi connectivity index (χ0) is 10.4. The summed E-state index contributed by atoms with van der Waals surface area (Å²) in [7, 11) is 0. The zero-order valence-electron chi connectivity index (χ0n) is 9.05. The van der Waals surface area contributed by atoms with Crippen LogP contribution in [-0.2, 0) is 6.42 Å². The summed E-state index contributed by atoms with van der Waals surface area (Å²) in [5.41, 5.74) is 1.22. The Morgan fingerprint density at radius 2 is 2.36 bits per heavy atom. The van der Waals surface area contributed by atoms with Crippen molar-refractivity contribution in [2.24, 2.45) is 0 Å². The number of hydrogen-bond acceptors (Lipinski definition) is 2. The first-order chi connectivity index (χ1) is 6.83. The van der Waals surface area contributed by atoms with Gasteiger partial charge in [0.15, 0.2) is 0 Å². The van der Waals surface area contributed by atoms with Crippen LogP contribution in [0.25, 0.3) is 0 Å². The smallest absolute Gasteiger partial charge is 0.108 e. The van der Waals surface area contributed by atoms with Gasteiger partial charge >= 0.3 is 0 Å². The maximum absolute atomic E-state index is 5.39. The van der Waals surface area contributed by atoms with Crippen molar-refractivity contribution >= 4 is 0 Å². The Morgan fingerprint density at radius 3 is 2.93 bits per heavy atom. The third-order valence-corrected chi connectivity index (χ3v) is 2.29. The van der Waals surface area contributed by atoms with Crippen LogP contribution in [0.5, 0.6) is 0 Å². The molecule has 0 spiro atoms. The number of furan rings is 1. The van der Waals surface area contributed by atoms with Gasteiger partial charge in [0, 0.05) is 12.0 Å². The molecule has 2 nitrogen and oxygen atoms in total. The van der Waals surface area contributed by atoms with Crippen LogP contribution in [0.1, 0.15) is 37.6 Å². The second-order valence-corrected chi connectivity index (χ2v) is 3.32. The fourth-order valence-corrected chi connectivity index (χ4v) is 1.54. The molecule has 1 rings (SSSR count). The normalized spacial score (nSPS) is 12.7. The van der Waals surface area contributed by atoms with Crippen molar-refractivity contribution in [3.63, 3.8) is 0 Å². The van der Waals surface area contributed by atoms with Crippen molar-refractivity contribution < 1.29 is 4.42 Å². The Balaban J connectivity index is 2.72. The first-order valence-electron chi connectivity index (χ1n) is 5.25. The van der Waals surface area contributed by atoms with Gasteiger partial charge < -0.3 is 9.73 Å². The SMILES string of the molecule is C=CC(NCCC)c1ccoc1CC. The monoisotopic (exact) mass is 193 g/mol. The van der Waals surface area contributed by atoms with Gasteiger partial charge in [-0.1, -0.05) is 19.9 Å². The zero-order valence-corrected chi connectivity index (χ0v) is 9.05. The Morgan fingerprint density at radius 1 is 1.57 bits per heavy atom. The van der Waals surface area contributed by atoms with Crippen LogP contribution in [0.2, 0.25) is 0 Å². The van der Waals surface area contributed by atoms with Gasteiger partial charge in [0.1, 0.15) is 5.76 Å². The average Bonchev–Trinajstić information content (AvgIpc) is 2.67. The van der Waals surface area contributed by atoms with E-state index in [2.05, 4.69) is 25.7 Å². The van der Waals surface area contributed by atoms with Crippen LogP contribution >= 0.6 is 0 Å². The highest BCUT2D eigenvalue weighted by Gasteiger charge is 2.12. The fourth-order valence-electron chi connectivity index (χ4n) is 1.54. The van der Waals surface area contributed by atoms with Gasteiger partial charge in [-0.2, -0.15) is 0 Å². The standard InChI is InChI=1S/C12H19NO/c1-4-8-13-11(5-2)10-7-9-14-12(10)6-3/h5,7,9,11,13H,2,4,6,8H2,1,3H3. The molecule has 1 heterocycles. The summed E-state index contributed by atoms with van der Waals surface area (Å²) in [5.74, 6) is 1.05. The predicted octanol–water partition coefficient (Wildman–Crippen LogP) is 3.07. The number of hydrogen-bond donors (Lipinski definition) is 1. The summed E-state index contributed by atoms with van der Waals surface area (Å²) in [6.07, 6.45) is 5.74. The van der Waals surface area contributed by atoms with Gasteiger partial charge in [-0.15, -0.1) is 6.58 Å². The molecular formula is C12H19NO. The molecule has 0 saturated heterocycles. The minimum atomic E-state index is 0.226. The van der Waals surface area contributed by atoms with E-state index in [1.165, 1.54) is 5.56 Å². The maximum atomic E-state index is 5.39. The Hall–Kier alpha value is -1.02. The van der Waals surface area contributed by atoms with Crippen molar-refractivity contribution in [2.45, 2.75) is 32.7 Å². The molecule has 1 aromatic rings. The molecule has 78 valence electrons. The molecule has 0 aliphatic carbocycles. The lowest BCUT2D eigenvalue weighted by molar-refractivity contribution is 0.502. The molecule has 1 unspecified atom stereocenters. The molecule has 1 atom stereocenters. The van der Waals surface area contributed by atoms with Crippen molar-refractivity contribution in [1.82, 2.24) is 5.32 Å². The molecule has 0 bridgehead atoms. The molecule has 14 heavy (non-hydrogen) atoms. The molecule has 1 aromatic heterocycles. The highest BCUT2D eigenvalue weighted by Crippen LogP contribution is 2.20. The van der Waals surface area contributed by atoms with E-state index >= 15 is 0 Å². The lowest BCUT2D eigenvalue weighted by atomic mass is 10.1. The summed E-state index contributed by atoms with van der Waals surface area (Å²) in [4.78, 5) is 0. The molecule has 0 amide bonds.